The second kappa shape index (κ2) is 7.01. The second-order valence-corrected chi connectivity index (χ2v) is 6.77. The number of hydrogen-bond donors (Lipinski definition) is 1. The fourth-order valence-corrected chi connectivity index (χ4v) is 3.10. The van der Waals surface area contributed by atoms with Gasteiger partial charge in [-0.3, -0.25) is 0 Å². The molecule has 19 heavy (non-hydrogen) atoms. The van der Waals surface area contributed by atoms with Crippen LogP contribution >= 0.6 is 11.3 Å². The summed E-state index contributed by atoms with van der Waals surface area (Å²) in [6.45, 7) is 7.88. The lowest BCUT2D eigenvalue weighted by Crippen LogP contribution is -2.28. The van der Waals surface area contributed by atoms with Crippen molar-refractivity contribution in [3.05, 3.63) is 29.3 Å². The van der Waals surface area contributed by atoms with Gasteiger partial charge in [-0.1, -0.05) is 26.0 Å². The minimum atomic E-state index is 0.608. The van der Waals surface area contributed by atoms with Gasteiger partial charge in [0.1, 0.15) is 0 Å². The number of nitrogens with one attached hydrogen (secondary N) is 1. The molecule has 2 aromatic rings. The quantitative estimate of drug-likeness (QED) is 0.817. The Bertz CT molecular complexity index is 471. The predicted octanol–water partition coefficient (Wildman–Crippen LogP) is 4.25. The Hall–Kier alpha value is -0.930. The van der Waals surface area contributed by atoms with E-state index in [1.807, 2.05) is 11.3 Å². The van der Waals surface area contributed by atoms with Crippen molar-refractivity contribution in [2.75, 3.05) is 6.54 Å². The van der Waals surface area contributed by atoms with E-state index in [9.17, 15) is 0 Å². The van der Waals surface area contributed by atoms with Crippen molar-refractivity contribution in [2.45, 2.75) is 46.1 Å². The number of fused-ring (bicyclic) bond motifs is 1. The normalized spacial score (nSPS) is 13.3. The molecule has 0 fully saturated rings. The molecule has 1 atom stereocenters. The summed E-state index contributed by atoms with van der Waals surface area (Å²) in [7, 11) is 0. The van der Waals surface area contributed by atoms with Gasteiger partial charge in [-0.2, -0.15) is 0 Å². The molecule has 0 amide bonds. The fraction of sp³-hybridized carbons (Fsp3) is 0.562. The molecule has 3 heteroatoms. The Labute approximate surface area is 120 Å². The van der Waals surface area contributed by atoms with E-state index in [0.29, 0.717) is 6.04 Å². The molecule has 0 aliphatic rings. The lowest BCUT2D eigenvalue weighted by molar-refractivity contribution is 0.453. The van der Waals surface area contributed by atoms with Crippen molar-refractivity contribution in [1.29, 1.82) is 0 Å². The maximum Gasteiger partial charge on any atom is 0.0951 e. The number of aromatic nitrogens is 1. The third-order valence-electron chi connectivity index (χ3n) is 3.35. The maximum absolute atomic E-state index is 4.66. The minimum Gasteiger partial charge on any atom is -0.314 e. The van der Waals surface area contributed by atoms with Crippen LogP contribution in [0.3, 0.4) is 0 Å². The molecule has 0 saturated carbocycles. The molecule has 2 nitrogen and oxygen atoms in total. The maximum atomic E-state index is 4.66. The number of benzene rings is 1. The van der Waals surface area contributed by atoms with Gasteiger partial charge in [-0.25, -0.2) is 4.98 Å². The van der Waals surface area contributed by atoms with Crippen LogP contribution in [0.1, 0.15) is 38.6 Å². The van der Waals surface area contributed by atoms with Crippen LogP contribution in [0.4, 0.5) is 0 Å². The lowest BCUT2D eigenvalue weighted by atomic mass is 10.0. The highest BCUT2D eigenvalue weighted by Gasteiger charge is 2.05. The number of thiazole rings is 1. The third-order valence-corrected chi connectivity index (χ3v) is 4.44. The van der Waals surface area contributed by atoms with E-state index in [2.05, 4.69) is 55.3 Å². The zero-order valence-corrected chi connectivity index (χ0v) is 13.0. The number of para-hydroxylation sites is 1. The fourth-order valence-electron chi connectivity index (χ4n) is 2.14. The first kappa shape index (κ1) is 14.5. The molecule has 0 aliphatic carbocycles. The van der Waals surface area contributed by atoms with Crippen LogP contribution in [0.25, 0.3) is 10.2 Å². The molecule has 1 aromatic carbocycles. The Kier molecular flexibility index (Phi) is 5.34. The van der Waals surface area contributed by atoms with Gasteiger partial charge in [0.2, 0.25) is 0 Å². The largest absolute Gasteiger partial charge is 0.314 e. The molecule has 1 N–H and O–H groups in total. The Morgan fingerprint density at radius 1 is 1.16 bits per heavy atom. The SMILES string of the molecule is CC(C)CCC(C)NCCc1nc2ccccc2s1. The van der Waals surface area contributed by atoms with Crippen molar-refractivity contribution < 1.29 is 0 Å². The zero-order valence-electron chi connectivity index (χ0n) is 12.1. The lowest BCUT2D eigenvalue weighted by Gasteiger charge is -2.14. The molecule has 0 aliphatic heterocycles. The predicted molar refractivity (Wildman–Crippen MR) is 84.9 cm³/mol. The van der Waals surface area contributed by atoms with Gasteiger partial charge < -0.3 is 5.32 Å². The minimum absolute atomic E-state index is 0.608. The summed E-state index contributed by atoms with van der Waals surface area (Å²) in [5.74, 6) is 0.800. The summed E-state index contributed by atoms with van der Waals surface area (Å²) in [4.78, 5) is 4.66. The van der Waals surface area contributed by atoms with Gasteiger partial charge in [-0.05, 0) is 37.8 Å². The van der Waals surface area contributed by atoms with Crippen molar-refractivity contribution in [3.63, 3.8) is 0 Å². The first-order chi connectivity index (χ1) is 9.15. The zero-order chi connectivity index (χ0) is 13.7. The van der Waals surface area contributed by atoms with E-state index in [1.54, 1.807) is 0 Å². The van der Waals surface area contributed by atoms with Crippen LogP contribution in [0, 0.1) is 5.92 Å². The van der Waals surface area contributed by atoms with E-state index in [4.69, 9.17) is 0 Å². The molecular weight excluding hydrogens is 252 g/mol. The van der Waals surface area contributed by atoms with E-state index in [-0.39, 0.29) is 0 Å². The average Bonchev–Trinajstić information content (AvgIpc) is 2.79. The summed E-state index contributed by atoms with van der Waals surface area (Å²) in [5.41, 5.74) is 1.13. The number of rotatable bonds is 7. The molecule has 0 spiro atoms. The van der Waals surface area contributed by atoms with Crippen LogP contribution in [0.5, 0.6) is 0 Å². The highest BCUT2D eigenvalue weighted by molar-refractivity contribution is 7.18. The van der Waals surface area contributed by atoms with E-state index >= 15 is 0 Å². The van der Waals surface area contributed by atoms with Crippen molar-refractivity contribution in [3.8, 4) is 0 Å². The summed E-state index contributed by atoms with van der Waals surface area (Å²) in [6.07, 6.45) is 3.60. The molecule has 0 radical (unpaired) electrons. The Morgan fingerprint density at radius 2 is 1.95 bits per heavy atom. The van der Waals surface area contributed by atoms with Gasteiger partial charge in [-0.15, -0.1) is 11.3 Å². The smallest absolute Gasteiger partial charge is 0.0951 e. The van der Waals surface area contributed by atoms with E-state index in [1.165, 1.54) is 22.5 Å². The highest BCUT2D eigenvalue weighted by Crippen LogP contribution is 2.21. The summed E-state index contributed by atoms with van der Waals surface area (Å²) >= 11 is 1.82. The Morgan fingerprint density at radius 3 is 2.68 bits per heavy atom. The third kappa shape index (κ3) is 4.59. The van der Waals surface area contributed by atoms with Crippen molar-refractivity contribution in [2.24, 2.45) is 5.92 Å². The molecule has 1 heterocycles. The van der Waals surface area contributed by atoms with Crippen LogP contribution in [-0.4, -0.2) is 17.6 Å². The summed E-state index contributed by atoms with van der Waals surface area (Å²) < 4.78 is 1.30. The highest BCUT2D eigenvalue weighted by atomic mass is 32.1. The topological polar surface area (TPSA) is 24.9 Å². The molecule has 0 bridgehead atoms. The van der Waals surface area contributed by atoms with Crippen LogP contribution in [0.2, 0.25) is 0 Å². The summed E-state index contributed by atoms with van der Waals surface area (Å²) in [5, 5.41) is 4.84. The van der Waals surface area contributed by atoms with Crippen molar-refractivity contribution >= 4 is 21.6 Å². The standard InChI is InChI=1S/C16H24N2S/c1-12(2)8-9-13(3)17-11-10-16-18-14-6-4-5-7-15(14)19-16/h4-7,12-13,17H,8-11H2,1-3H3. The first-order valence-electron chi connectivity index (χ1n) is 7.23. The van der Waals surface area contributed by atoms with Crippen LogP contribution < -0.4 is 5.32 Å². The molecule has 104 valence electrons. The van der Waals surface area contributed by atoms with Crippen molar-refractivity contribution in [1.82, 2.24) is 10.3 Å². The van der Waals surface area contributed by atoms with Gasteiger partial charge in [0.25, 0.3) is 0 Å². The monoisotopic (exact) mass is 276 g/mol. The first-order valence-corrected chi connectivity index (χ1v) is 8.04. The number of hydrogen-bond acceptors (Lipinski definition) is 3. The van der Waals surface area contributed by atoms with Crippen LogP contribution in [-0.2, 0) is 6.42 Å². The van der Waals surface area contributed by atoms with Gasteiger partial charge in [0.15, 0.2) is 0 Å². The van der Waals surface area contributed by atoms with Crippen LogP contribution in [0.15, 0.2) is 24.3 Å². The molecule has 1 unspecified atom stereocenters. The van der Waals surface area contributed by atoms with E-state index in [0.717, 1.165) is 24.4 Å². The average molecular weight is 276 g/mol. The van der Waals surface area contributed by atoms with Gasteiger partial charge in [0, 0.05) is 19.0 Å². The Balaban J connectivity index is 1.76. The number of nitrogens with zero attached hydrogens (tertiary/aromatic N) is 1. The molecular formula is C16H24N2S. The molecule has 0 saturated heterocycles. The molecule has 2 rings (SSSR count). The molecule has 1 aromatic heterocycles. The van der Waals surface area contributed by atoms with Gasteiger partial charge >= 0.3 is 0 Å². The second-order valence-electron chi connectivity index (χ2n) is 5.65. The van der Waals surface area contributed by atoms with Gasteiger partial charge in [0.05, 0.1) is 15.2 Å². The van der Waals surface area contributed by atoms with E-state index < -0.39 is 0 Å². The summed E-state index contributed by atoms with van der Waals surface area (Å²) in [6, 6.07) is 8.98.